The molecule has 0 spiro atoms. The second-order valence-corrected chi connectivity index (χ2v) is 6.33. The summed E-state index contributed by atoms with van der Waals surface area (Å²) in [5.74, 6) is 1.13. The van der Waals surface area contributed by atoms with Gasteiger partial charge < -0.3 is 10.2 Å². The average Bonchev–Trinajstić information content (AvgIpc) is 2.76. The summed E-state index contributed by atoms with van der Waals surface area (Å²) in [4.78, 5) is 23.8. The molecular weight excluding hydrogens is 369 g/mol. The second kappa shape index (κ2) is 8.14. The molecule has 7 nitrogen and oxygen atoms in total. The molecule has 0 saturated carbocycles. The third-order valence-electron chi connectivity index (χ3n) is 4.54. The molecule has 29 heavy (non-hydrogen) atoms. The molecule has 0 unspecified atom stereocenters. The van der Waals surface area contributed by atoms with Crippen LogP contribution in [0.5, 0.6) is 0 Å². The normalized spacial score (nSPS) is 10.9. The molecule has 3 aromatic heterocycles. The zero-order chi connectivity index (χ0) is 20.2. The summed E-state index contributed by atoms with van der Waals surface area (Å²) >= 11 is 0. The van der Waals surface area contributed by atoms with E-state index in [1.165, 1.54) is 0 Å². The molecular formula is C21H20FN7. The molecule has 8 heteroatoms. The number of hydrogen-bond donors (Lipinski definition) is 1. The second-order valence-electron chi connectivity index (χ2n) is 6.33. The Morgan fingerprint density at radius 1 is 0.931 bits per heavy atom. The Balaban J connectivity index is 1.72. The number of anilines is 3. The molecule has 0 radical (unpaired) electrons. The Morgan fingerprint density at radius 3 is 2.55 bits per heavy atom. The topological polar surface area (TPSA) is 79.7 Å². The molecule has 0 aliphatic carbocycles. The van der Waals surface area contributed by atoms with Gasteiger partial charge in [0.1, 0.15) is 17.3 Å². The monoisotopic (exact) mass is 389 g/mol. The van der Waals surface area contributed by atoms with Crippen molar-refractivity contribution in [3.8, 4) is 11.3 Å². The van der Waals surface area contributed by atoms with Gasteiger partial charge in [-0.3, -0.25) is 4.98 Å². The Labute approximate surface area is 167 Å². The number of fused-ring (bicyclic) bond motifs is 1. The van der Waals surface area contributed by atoms with Crippen LogP contribution in [0.1, 0.15) is 13.8 Å². The van der Waals surface area contributed by atoms with Gasteiger partial charge in [-0.1, -0.05) is 12.1 Å². The number of nitrogens with one attached hydrogen (secondary N) is 1. The van der Waals surface area contributed by atoms with Crippen LogP contribution in [0, 0.1) is 5.82 Å². The van der Waals surface area contributed by atoms with Gasteiger partial charge in [0.05, 0.1) is 23.4 Å². The lowest BCUT2D eigenvalue weighted by molar-refractivity contribution is 0.619. The van der Waals surface area contributed by atoms with Crippen molar-refractivity contribution in [2.45, 2.75) is 13.8 Å². The summed E-state index contributed by atoms with van der Waals surface area (Å²) in [5.41, 5.74) is 2.22. The quantitative estimate of drug-likeness (QED) is 0.529. The molecule has 0 aliphatic heterocycles. The van der Waals surface area contributed by atoms with E-state index in [0.29, 0.717) is 16.9 Å². The minimum absolute atomic E-state index is 0.190. The third kappa shape index (κ3) is 3.96. The van der Waals surface area contributed by atoms with Crippen molar-refractivity contribution in [3.63, 3.8) is 0 Å². The highest BCUT2D eigenvalue weighted by Crippen LogP contribution is 2.26. The van der Waals surface area contributed by atoms with Crippen LogP contribution in [0.25, 0.3) is 22.3 Å². The SMILES string of the molecule is CCN(CC)c1cnc2ccc(-c3nc(Nc4ccccn4)ncc3F)cc2n1. The summed E-state index contributed by atoms with van der Waals surface area (Å²) in [7, 11) is 0. The van der Waals surface area contributed by atoms with Crippen LogP contribution >= 0.6 is 0 Å². The van der Waals surface area contributed by atoms with E-state index in [4.69, 9.17) is 4.98 Å². The number of nitrogens with zero attached hydrogens (tertiary/aromatic N) is 6. The van der Waals surface area contributed by atoms with Crippen molar-refractivity contribution in [2.75, 3.05) is 23.3 Å². The fourth-order valence-electron chi connectivity index (χ4n) is 3.03. The van der Waals surface area contributed by atoms with Crippen LogP contribution in [-0.4, -0.2) is 38.0 Å². The maximum Gasteiger partial charge on any atom is 0.229 e. The number of hydrogen-bond acceptors (Lipinski definition) is 7. The maximum atomic E-state index is 14.5. The minimum atomic E-state index is -0.510. The molecule has 1 N–H and O–H groups in total. The van der Waals surface area contributed by atoms with Crippen LogP contribution < -0.4 is 10.2 Å². The number of aromatic nitrogens is 5. The molecule has 0 atom stereocenters. The van der Waals surface area contributed by atoms with Gasteiger partial charge in [0.2, 0.25) is 5.95 Å². The lowest BCUT2D eigenvalue weighted by atomic mass is 10.1. The van der Waals surface area contributed by atoms with E-state index in [-0.39, 0.29) is 11.6 Å². The first kappa shape index (κ1) is 18.7. The number of halogens is 1. The molecule has 0 amide bonds. The van der Waals surface area contributed by atoms with Gasteiger partial charge >= 0.3 is 0 Å². The first-order chi connectivity index (χ1) is 14.2. The highest BCUT2D eigenvalue weighted by molar-refractivity contribution is 5.81. The molecule has 3 heterocycles. The highest BCUT2D eigenvalue weighted by atomic mass is 19.1. The van der Waals surface area contributed by atoms with Gasteiger partial charge in [0.25, 0.3) is 0 Å². The van der Waals surface area contributed by atoms with Crippen LogP contribution in [-0.2, 0) is 0 Å². The fourth-order valence-corrected chi connectivity index (χ4v) is 3.03. The van der Waals surface area contributed by atoms with Crippen molar-refractivity contribution in [3.05, 3.63) is 60.8 Å². The molecule has 0 saturated heterocycles. The largest absolute Gasteiger partial charge is 0.356 e. The third-order valence-corrected chi connectivity index (χ3v) is 4.54. The van der Waals surface area contributed by atoms with Gasteiger partial charge in [0, 0.05) is 24.8 Å². The molecule has 146 valence electrons. The lowest BCUT2D eigenvalue weighted by Gasteiger charge is -2.19. The van der Waals surface area contributed by atoms with E-state index in [1.807, 2.05) is 18.2 Å². The molecule has 0 bridgehead atoms. The van der Waals surface area contributed by atoms with E-state index in [1.54, 1.807) is 30.6 Å². The zero-order valence-corrected chi connectivity index (χ0v) is 16.2. The van der Waals surface area contributed by atoms with Gasteiger partial charge in [-0.25, -0.2) is 24.3 Å². The predicted octanol–water partition coefficient (Wildman–Crippen LogP) is 4.21. The van der Waals surface area contributed by atoms with Gasteiger partial charge in [-0.05, 0) is 38.1 Å². The van der Waals surface area contributed by atoms with Crippen LogP contribution in [0.2, 0.25) is 0 Å². The molecule has 4 rings (SSSR count). The van der Waals surface area contributed by atoms with E-state index >= 15 is 0 Å². The standard InChI is InChI=1S/C21H20FN7/c1-3-29(4-2)19-13-24-16-9-8-14(11-17(16)26-19)20-15(22)12-25-21(28-20)27-18-7-5-6-10-23-18/h5-13H,3-4H2,1-2H3,(H,23,25,27,28). The Morgan fingerprint density at radius 2 is 1.79 bits per heavy atom. The summed E-state index contributed by atoms with van der Waals surface area (Å²) < 4.78 is 14.5. The fraction of sp³-hybridized carbons (Fsp3) is 0.190. The van der Waals surface area contributed by atoms with Gasteiger partial charge in [-0.15, -0.1) is 0 Å². The summed E-state index contributed by atoms with van der Waals surface area (Å²) in [6, 6.07) is 10.8. The minimum Gasteiger partial charge on any atom is -0.356 e. The van der Waals surface area contributed by atoms with Crippen LogP contribution in [0.4, 0.5) is 22.0 Å². The Kier molecular flexibility index (Phi) is 5.24. The van der Waals surface area contributed by atoms with Crippen LogP contribution in [0.15, 0.2) is 55.0 Å². The van der Waals surface area contributed by atoms with E-state index in [2.05, 4.69) is 44.0 Å². The predicted molar refractivity (Wildman–Crippen MR) is 112 cm³/mol. The molecule has 4 aromatic rings. The van der Waals surface area contributed by atoms with E-state index in [9.17, 15) is 4.39 Å². The smallest absolute Gasteiger partial charge is 0.229 e. The van der Waals surface area contributed by atoms with Gasteiger partial charge in [0.15, 0.2) is 5.82 Å². The number of benzene rings is 1. The maximum absolute atomic E-state index is 14.5. The van der Waals surface area contributed by atoms with Crippen molar-refractivity contribution < 1.29 is 4.39 Å². The lowest BCUT2D eigenvalue weighted by Crippen LogP contribution is -2.23. The number of pyridine rings is 1. The van der Waals surface area contributed by atoms with Crippen molar-refractivity contribution >= 4 is 28.6 Å². The van der Waals surface area contributed by atoms with E-state index in [0.717, 1.165) is 30.6 Å². The summed E-state index contributed by atoms with van der Waals surface area (Å²) in [5, 5.41) is 2.98. The molecule has 0 fully saturated rings. The van der Waals surface area contributed by atoms with Crippen molar-refractivity contribution in [1.82, 2.24) is 24.9 Å². The average molecular weight is 389 g/mol. The van der Waals surface area contributed by atoms with Crippen molar-refractivity contribution in [1.29, 1.82) is 0 Å². The first-order valence-corrected chi connectivity index (χ1v) is 9.40. The summed E-state index contributed by atoms with van der Waals surface area (Å²) in [6.07, 6.45) is 4.56. The van der Waals surface area contributed by atoms with Crippen LogP contribution in [0.3, 0.4) is 0 Å². The van der Waals surface area contributed by atoms with E-state index < -0.39 is 5.82 Å². The van der Waals surface area contributed by atoms with Crippen molar-refractivity contribution in [2.24, 2.45) is 0 Å². The van der Waals surface area contributed by atoms with Gasteiger partial charge in [-0.2, -0.15) is 0 Å². The number of rotatable bonds is 6. The highest BCUT2D eigenvalue weighted by Gasteiger charge is 2.12. The zero-order valence-electron chi connectivity index (χ0n) is 16.2. The molecule has 0 aliphatic rings. The Hall–Kier alpha value is -3.68. The Bertz CT molecular complexity index is 1130. The first-order valence-electron chi connectivity index (χ1n) is 9.40. The summed E-state index contributed by atoms with van der Waals surface area (Å²) in [6.45, 7) is 5.80. The molecule has 1 aromatic carbocycles.